The Labute approximate surface area is 156 Å². The van der Waals surface area contributed by atoms with Crippen molar-refractivity contribution in [1.82, 2.24) is 14.8 Å². The second kappa shape index (κ2) is 8.39. The Hall–Kier alpha value is -3.00. The van der Waals surface area contributed by atoms with E-state index in [2.05, 4.69) is 20.7 Å². The van der Waals surface area contributed by atoms with Crippen molar-refractivity contribution in [2.45, 2.75) is 13.5 Å². The average molecular weight is 371 g/mol. The predicted octanol–water partition coefficient (Wildman–Crippen LogP) is 3.67. The lowest BCUT2D eigenvalue weighted by Gasteiger charge is -2.09. The molecule has 8 heteroatoms. The number of nitrogens with zero attached hydrogens (tertiary/aromatic N) is 3. The first-order chi connectivity index (χ1) is 12.6. The van der Waals surface area contributed by atoms with E-state index in [-0.39, 0.29) is 5.82 Å². The van der Waals surface area contributed by atoms with Gasteiger partial charge in [0.25, 0.3) is 0 Å². The molecule has 0 atom stereocenters. The van der Waals surface area contributed by atoms with Crippen LogP contribution in [0.4, 0.5) is 16.0 Å². The molecule has 0 bridgehead atoms. The molecule has 0 saturated heterocycles. The maximum Gasteiger partial charge on any atom is 0.248 e. The van der Waals surface area contributed by atoms with E-state index in [1.807, 2.05) is 31.2 Å². The van der Waals surface area contributed by atoms with Crippen LogP contribution in [0.25, 0.3) is 0 Å². The van der Waals surface area contributed by atoms with Crippen LogP contribution in [0.1, 0.15) is 12.5 Å². The number of thiocarbonyl (C=S) groups is 1. The molecule has 2 aromatic carbocycles. The van der Waals surface area contributed by atoms with Gasteiger partial charge < -0.3 is 10.1 Å². The third-order valence-corrected chi connectivity index (χ3v) is 3.68. The van der Waals surface area contributed by atoms with Gasteiger partial charge in [0.15, 0.2) is 5.11 Å². The summed E-state index contributed by atoms with van der Waals surface area (Å²) in [6, 6.07) is 14.0. The van der Waals surface area contributed by atoms with Gasteiger partial charge >= 0.3 is 0 Å². The Kier molecular flexibility index (Phi) is 5.75. The van der Waals surface area contributed by atoms with Crippen LogP contribution in [-0.4, -0.2) is 26.5 Å². The molecule has 0 radical (unpaired) electrons. The number of hydrogen-bond acceptors (Lipinski definition) is 4. The number of benzene rings is 2. The highest BCUT2D eigenvalue weighted by atomic mass is 32.1. The lowest BCUT2D eigenvalue weighted by Crippen LogP contribution is -2.20. The van der Waals surface area contributed by atoms with E-state index in [4.69, 9.17) is 17.0 Å². The van der Waals surface area contributed by atoms with E-state index in [0.29, 0.717) is 29.8 Å². The minimum Gasteiger partial charge on any atom is -0.494 e. The number of nitrogens with one attached hydrogen (secondary N) is 2. The van der Waals surface area contributed by atoms with Crippen molar-refractivity contribution in [2.75, 3.05) is 17.2 Å². The van der Waals surface area contributed by atoms with E-state index in [1.54, 1.807) is 22.9 Å². The van der Waals surface area contributed by atoms with Gasteiger partial charge in [-0.05, 0) is 49.5 Å². The SMILES string of the molecule is CCOc1ccc(NC(=S)Nc2ncn(Cc3ccccc3F)n2)cc1. The number of aromatic nitrogens is 3. The molecule has 134 valence electrons. The summed E-state index contributed by atoms with van der Waals surface area (Å²) in [5.41, 5.74) is 1.36. The highest BCUT2D eigenvalue weighted by Crippen LogP contribution is 2.16. The number of anilines is 2. The highest BCUT2D eigenvalue weighted by molar-refractivity contribution is 7.80. The zero-order valence-electron chi connectivity index (χ0n) is 14.1. The molecule has 0 aliphatic carbocycles. The molecule has 2 N–H and O–H groups in total. The summed E-state index contributed by atoms with van der Waals surface area (Å²) >= 11 is 5.26. The first-order valence-electron chi connectivity index (χ1n) is 8.08. The van der Waals surface area contributed by atoms with E-state index >= 15 is 0 Å². The Bertz CT molecular complexity index is 881. The van der Waals surface area contributed by atoms with Gasteiger partial charge in [0.1, 0.15) is 17.9 Å². The van der Waals surface area contributed by atoms with Crippen LogP contribution in [0.3, 0.4) is 0 Å². The molecule has 0 spiro atoms. The van der Waals surface area contributed by atoms with Crippen LogP contribution in [0.15, 0.2) is 54.9 Å². The summed E-state index contributed by atoms with van der Waals surface area (Å²) in [6.45, 7) is 2.85. The van der Waals surface area contributed by atoms with Crippen molar-refractivity contribution in [3.63, 3.8) is 0 Å². The van der Waals surface area contributed by atoms with Crippen LogP contribution in [0.5, 0.6) is 5.75 Å². The zero-order valence-corrected chi connectivity index (χ0v) is 15.0. The Balaban J connectivity index is 1.56. The van der Waals surface area contributed by atoms with Gasteiger partial charge in [0.2, 0.25) is 5.95 Å². The number of rotatable bonds is 6. The molecule has 0 fully saturated rings. The summed E-state index contributed by atoms with van der Waals surface area (Å²) in [5, 5.41) is 10.6. The monoisotopic (exact) mass is 371 g/mol. The van der Waals surface area contributed by atoms with Crippen molar-refractivity contribution in [3.8, 4) is 5.75 Å². The summed E-state index contributed by atoms with van der Waals surface area (Å²) < 4.78 is 20.6. The van der Waals surface area contributed by atoms with Crippen molar-refractivity contribution in [3.05, 3.63) is 66.2 Å². The van der Waals surface area contributed by atoms with Crippen LogP contribution in [0, 0.1) is 5.82 Å². The number of hydrogen-bond donors (Lipinski definition) is 2. The molecule has 3 rings (SSSR count). The van der Waals surface area contributed by atoms with Gasteiger partial charge in [-0.2, -0.15) is 0 Å². The minimum atomic E-state index is -0.273. The average Bonchev–Trinajstić information content (AvgIpc) is 3.06. The Morgan fingerprint density at radius 3 is 2.65 bits per heavy atom. The smallest absolute Gasteiger partial charge is 0.248 e. The lowest BCUT2D eigenvalue weighted by molar-refractivity contribution is 0.340. The fraction of sp³-hybridized carbons (Fsp3) is 0.167. The molecular weight excluding hydrogens is 353 g/mol. The second-order valence-electron chi connectivity index (χ2n) is 5.39. The van der Waals surface area contributed by atoms with Gasteiger partial charge in [-0.25, -0.2) is 14.1 Å². The summed E-state index contributed by atoms with van der Waals surface area (Å²) in [7, 11) is 0. The largest absolute Gasteiger partial charge is 0.494 e. The molecule has 26 heavy (non-hydrogen) atoms. The van der Waals surface area contributed by atoms with Gasteiger partial charge in [-0.15, -0.1) is 5.10 Å². The maximum atomic E-state index is 13.7. The summed E-state index contributed by atoms with van der Waals surface area (Å²) in [5.74, 6) is 0.862. The Morgan fingerprint density at radius 2 is 1.92 bits per heavy atom. The van der Waals surface area contributed by atoms with Gasteiger partial charge in [0.05, 0.1) is 13.2 Å². The van der Waals surface area contributed by atoms with Crippen molar-refractivity contribution in [1.29, 1.82) is 0 Å². The molecule has 6 nitrogen and oxygen atoms in total. The molecule has 0 aliphatic heterocycles. The molecule has 1 heterocycles. The van der Waals surface area contributed by atoms with E-state index in [9.17, 15) is 4.39 Å². The number of ether oxygens (including phenoxy) is 1. The maximum absolute atomic E-state index is 13.7. The molecule has 3 aromatic rings. The highest BCUT2D eigenvalue weighted by Gasteiger charge is 2.07. The van der Waals surface area contributed by atoms with Crippen LogP contribution in [-0.2, 0) is 6.54 Å². The zero-order chi connectivity index (χ0) is 18.4. The standard InChI is InChI=1S/C18H18FN5OS/c1-2-25-15-9-7-14(8-10-15)21-18(26)22-17-20-12-24(23-17)11-13-5-3-4-6-16(13)19/h3-10,12H,2,11H2,1H3,(H2,21,22,23,26). The molecule has 1 aromatic heterocycles. The topological polar surface area (TPSA) is 64.0 Å². The van der Waals surface area contributed by atoms with Crippen LogP contribution >= 0.6 is 12.2 Å². The van der Waals surface area contributed by atoms with Crippen LogP contribution < -0.4 is 15.4 Å². The first-order valence-corrected chi connectivity index (χ1v) is 8.48. The molecule has 0 aliphatic rings. The van der Waals surface area contributed by atoms with E-state index in [1.165, 1.54) is 12.4 Å². The van der Waals surface area contributed by atoms with Gasteiger partial charge in [-0.1, -0.05) is 18.2 Å². The number of halogens is 1. The fourth-order valence-corrected chi connectivity index (χ4v) is 2.50. The van der Waals surface area contributed by atoms with E-state index in [0.717, 1.165) is 11.4 Å². The van der Waals surface area contributed by atoms with Gasteiger partial charge in [-0.3, -0.25) is 5.32 Å². The normalized spacial score (nSPS) is 10.4. The summed E-state index contributed by atoms with van der Waals surface area (Å²) in [6.07, 6.45) is 1.52. The van der Waals surface area contributed by atoms with Crippen molar-refractivity contribution >= 4 is 29.0 Å². The molecule has 0 unspecified atom stereocenters. The molecular formula is C18H18FN5OS. The minimum absolute atomic E-state index is 0.273. The third kappa shape index (κ3) is 4.76. The quantitative estimate of drug-likeness (QED) is 0.645. The van der Waals surface area contributed by atoms with Crippen LogP contribution in [0.2, 0.25) is 0 Å². The Morgan fingerprint density at radius 1 is 1.15 bits per heavy atom. The predicted molar refractivity (Wildman–Crippen MR) is 103 cm³/mol. The first kappa shape index (κ1) is 17.8. The summed E-state index contributed by atoms with van der Waals surface area (Å²) in [4.78, 5) is 4.13. The lowest BCUT2D eigenvalue weighted by atomic mass is 10.2. The molecule has 0 saturated carbocycles. The fourth-order valence-electron chi connectivity index (χ4n) is 2.29. The van der Waals surface area contributed by atoms with Gasteiger partial charge in [0, 0.05) is 11.3 Å². The second-order valence-corrected chi connectivity index (χ2v) is 5.80. The third-order valence-electron chi connectivity index (χ3n) is 3.48. The van der Waals surface area contributed by atoms with E-state index < -0.39 is 0 Å². The molecule has 0 amide bonds. The van der Waals surface area contributed by atoms with Crippen molar-refractivity contribution < 1.29 is 9.13 Å². The van der Waals surface area contributed by atoms with Crippen molar-refractivity contribution in [2.24, 2.45) is 0 Å².